The molecular weight excluding hydrogens is 306 g/mol. The van der Waals surface area contributed by atoms with Gasteiger partial charge in [0.1, 0.15) is 0 Å². The minimum atomic E-state index is -1.15. The molecule has 0 aromatic heterocycles. The predicted octanol–water partition coefficient (Wildman–Crippen LogP) is 3.07. The lowest BCUT2D eigenvalue weighted by Crippen LogP contribution is -2.43. The minimum Gasteiger partial charge on any atom is -0.545 e. The van der Waals surface area contributed by atoms with E-state index in [0.29, 0.717) is 4.90 Å². The molecule has 0 bridgehead atoms. The molecule has 2 aromatic carbocycles. The number of carbonyl (C=O) groups is 1. The number of carboxylic acid groups (broad SMARTS) is 1. The van der Waals surface area contributed by atoms with Crippen LogP contribution in [0, 0.1) is 0 Å². The molecule has 1 N–H and O–H groups in total. The highest BCUT2D eigenvalue weighted by atomic mass is 32.2. The van der Waals surface area contributed by atoms with E-state index in [0.717, 1.165) is 12.1 Å². The molecule has 1 aliphatic rings. The number of rotatable bonds is 3. The van der Waals surface area contributed by atoms with Gasteiger partial charge in [-0.1, -0.05) is 54.2 Å². The first-order chi connectivity index (χ1) is 11.0. The molecule has 1 heterocycles. The maximum absolute atomic E-state index is 11.2. The molecule has 0 fully saturated rings. The van der Waals surface area contributed by atoms with E-state index in [2.05, 4.69) is 37.4 Å². The molecule has 0 spiro atoms. The van der Waals surface area contributed by atoms with Crippen LogP contribution in [0.1, 0.15) is 35.3 Å². The van der Waals surface area contributed by atoms with Crippen LogP contribution in [0.2, 0.25) is 0 Å². The van der Waals surface area contributed by atoms with Gasteiger partial charge in [-0.3, -0.25) is 0 Å². The van der Waals surface area contributed by atoms with Crippen LogP contribution in [0.15, 0.2) is 58.8 Å². The first kappa shape index (κ1) is 15.7. The summed E-state index contributed by atoms with van der Waals surface area (Å²) in [7, 11) is 0. The number of thioether (sulfide) groups is 1. The highest BCUT2D eigenvalue weighted by molar-refractivity contribution is 8.02. The summed E-state index contributed by atoms with van der Waals surface area (Å²) < 4.78 is 0. The number of carboxylic acids is 1. The van der Waals surface area contributed by atoms with E-state index in [1.165, 1.54) is 22.9 Å². The zero-order chi connectivity index (χ0) is 16.4. The molecule has 0 amide bonds. The van der Waals surface area contributed by atoms with Crippen LogP contribution in [-0.2, 0) is 6.42 Å². The van der Waals surface area contributed by atoms with Gasteiger partial charge in [-0.05, 0) is 37.3 Å². The number of hydrogen-bond donors (Lipinski definition) is 1. The Hall–Kier alpha value is -2.20. The fourth-order valence-electron chi connectivity index (χ4n) is 2.84. The normalized spacial score (nSPS) is 17.4. The Bertz CT molecular complexity index is 780. The van der Waals surface area contributed by atoms with Gasteiger partial charge in [-0.15, -0.1) is 0 Å². The SMILES string of the molecule is CC1(C)Cc2ccccc2C(=CSc2ccccc2C(=O)[O-])N1. The molecule has 3 nitrogen and oxygen atoms in total. The second-order valence-corrected chi connectivity index (χ2v) is 7.19. The van der Waals surface area contributed by atoms with Crippen LogP contribution in [0.5, 0.6) is 0 Å². The zero-order valence-electron chi connectivity index (χ0n) is 13.1. The van der Waals surface area contributed by atoms with Gasteiger partial charge in [0, 0.05) is 27.3 Å². The molecule has 0 atom stereocenters. The first-order valence-corrected chi connectivity index (χ1v) is 8.38. The standard InChI is InChI=1S/C19H19NO2S/c1-19(2)11-13-7-3-4-8-14(13)16(20-19)12-23-17-10-6-5-9-15(17)18(21)22/h3-10,12,20H,11H2,1-2H3,(H,21,22)/p-1. The van der Waals surface area contributed by atoms with Crippen LogP contribution in [-0.4, -0.2) is 11.5 Å². The number of benzene rings is 2. The first-order valence-electron chi connectivity index (χ1n) is 7.50. The van der Waals surface area contributed by atoms with Crippen molar-refractivity contribution in [2.24, 2.45) is 0 Å². The smallest absolute Gasteiger partial charge is 0.0726 e. The van der Waals surface area contributed by atoms with E-state index in [9.17, 15) is 9.90 Å². The largest absolute Gasteiger partial charge is 0.545 e. The van der Waals surface area contributed by atoms with Crippen molar-refractivity contribution in [1.82, 2.24) is 5.32 Å². The van der Waals surface area contributed by atoms with Crippen LogP contribution >= 0.6 is 11.8 Å². The summed E-state index contributed by atoms with van der Waals surface area (Å²) in [6.07, 6.45) is 0.959. The number of carbonyl (C=O) groups excluding carboxylic acids is 1. The van der Waals surface area contributed by atoms with Crippen molar-refractivity contribution in [3.63, 3.8) is 0 Å². The monoisotopic (exact) mass is 324 g/mol. The van der Waals surface area contributed by atoms with Crippen LogP contribution in [0.25, 0.3) is 5.70 Å². The fraction of sp³-hybridized carbons (Fsp3) is 0.211. The quantitative estimate of drug-likeness (QED) is 0.882. The Kier molecular flexibility index (Phi) is 4.18. The molecular formula is C19H18NO2S-. The Morgan fingerprint density at radius 3 is 2.65 bits per heavy atom. The highest BCUT2D eigenvalue weighted by Gasteiger charge is 2.27. The second-order valence-electron chi connectivity index (χ2n) is 6.28. The average molecular weight is 324 g/mol. The van der Waals surface area contributed by atoms with E-state index >= 15 is 0 Å². The second kappa shape index (κ2) is 6.13. The van der Waals surface area contributed by atoms with Crippen molar-refractivity contribution in [2.75, 3.05) is 0 Å². The van der Waals surface area contributed by atoms with Crippen LogP contribution < -0.4 is 10.4 Å². The maximum Gasteiger partial charge on any atom is 0.0726 e. The van der Waals surface area contributed by atoms with Gasteiger partial charge < -0.3 is 15.2 Å². The van der Waals surface area contributed by atoms with Crippen molar-refractivity contribution in [3.05, 3.63) is 70.6 Å². The summed E-state index contributed by atoms with van der Waals surface area (Å²) in [4.78, 5) is 11.9. The lowest BCUT2D eigenvalue weighted by atomic mass is 9.86. The van der Waals surface area contributed by atoms with Gasteiger partial charge >= 0.3 is 0 Å². The van der Waals surface area contributed by atoms with Crippen molar-refractivity contribution >= 4 is 23.4 Å². The predicted molar refractivity (Wildman–Crippen MR) is 92.0 cm³/mol. The number of fused-ring (bicyclic) bond motifs is 1. The number of hydrogen-bond acceptors (Lipinski definition) is 4. The molecule has 0 radical (unpaired) electrons. The Balaban J connectivity index is 1.96. The Morgan fingerprint density at radius 2 is 1.87 bits per heavy atom. The van der Waals surface area contributed by atoms with Gasteiger partial charge in [0.2, 0.25) is 0 Å². The molecule has 0 saturated heterocycles. The third-order valence-corrected chi connectivity index (χ3v) is 4.79. The molecule has 3 rings (SSSR count). The van der Waals surface area contributed by atoms with Gasteiger partial charge in [0.05, 0.1) is 5.97 Å². The number of aromatic carboxylic acids is 1. The minimum absolute atomic E-state index is 0.0331. The average Bonchev–Trinajstić information content (AvgIpc) is 2.51. The summed E-state index contributed by atoms with van der Waals surface area (Å²) in [5, 5.41) is 16.7. The Morgan fingerprint density at radius 1 is 1.17 bits per heavy atom. The highest BCUT2D eigenvalue weighted by Crippen LogP contribution is 2.33. The van der Waals surface area contributed by atoms with Crippen molar-refractivity contribution in [2.45, 2.75) is 30.7 Å². The fourth-order valence-corrected chi connectivity index (χ4v) is 3.71. The van der Waals surface area contributed by atoms with Gasteiger partial charge in [-0.2, -0.15) is 0 Å². The summed E-state index contributed by atoms with van der Waals surface area (Å²) in [6, 6.07) is 15.2. The van der Waals surface area contributed by atoms with E-state index in [-0.39, 0.29) is 11.1 Å². The lowest BCUT2D eigenvalue weighted by Gasteiger charge is -2.35. The van der Waals surface area contributed by atoms with Crippen molar-refractivity contribution in [3.8, 4) is 0 Å². The third kappa shape index (κ3) is 3.42. The summed E-state index contributed by atoms with van der Waals surface area (Å²) >= 11 is 1.40. The summed E-state index contributed by atoms with van der Waals surface area (Å²) in [5.74, 6) is -1.15. The number of nitrogens with one attached hydrogen (secondary N) is 1. The van der Waals surface area contributed by atoms with E-state index in [1.54, 1.807) is 18.2 Å². The van der Waals surface area contributed by atoms with E-state index in [1.807, 2.05) is 17.5 Å². The topological polar surface area (TPSA) is 52.2 Å². The molecule has 0 aliphatic carbocycles. The molecule has 1 aliphatic heterocycles. The molecule has 4 heteroatoms. The zero-order valence-corrected chi connectivity index (χ0v) is 13.9. The third-order valence-electron chi connectivity index (χ3n) is 3.82. The van der Waals surface area contributed by atoms with E-state index < -0.39 is 5.97 Å². The van der Waals surface area contributed by atoms with Crippen LogP contribution in [0.4, 0.5) is 0 Å². The molecule has 2 aromatic rings. The molecule has 0 unspecified atom stereocenters. The van der Waals surface area contributed by atoms with Crippen molar-refractivity contribution in [1.29, 1.82) is 0 Å². The van der Waals surface area contributed by atoms with Crippen LogP contribution in [0.3, 0.4) is 0 Å². The molecule has 23 heavy (non-hydrogen) atoms. The summed E-state index contributed by atoms with van der Waals surface area (Å²) in [5.41, 5.74) is 3.68. The Labute approximate surface area is 140 Å². The lowest BCUT2D eigenvalue weighted by molar-refractivity contribution is -0.255. The molecule has 118 valence electrons. The van der Waals surface area contributed by atoms with Crippen molar-refractivity contribution < 1.29 is 9.90 Å². The van der Waals surface area contributed by atoms with Gasteiger partial charge in [0.25, 0.3) is 0 Å². The van der Waals surface area contributed by atoms with E-state index in [4.69, 9.17) is 0 Å². The summed E-state index contributed by atoms with van der Waals surface area (Å²) in [6.45, 7) is 4.33. The van der Waals surface area contributed by atoms with Gasteiger partial charge in [0.15, 0.2) is 0 Å². The molecule has 0 saturated carbocycles. The maximum atomic E-state index is 11.2. The van der Waals surface area contributed by atoms with Gasteiger partial charge in [-0.25, -0.2) is 0 Å².